The summed E-state index contributed by atoms with van der Waals surface area (Å²) >= 11 is 1.62. The first kappa shape index (κ1) is 14.6. The summed E-state index contributed by atoms with van der Waals surface area (Å²) in [6, 6.07) is 2.31. The summed E-state index contributed by atoms with van der Waals surface area (Å²) in [6.07, 6.45) is 9.98. The lowest BCUT2D eigenvalue weighted by Crippen LogP contribution is -2.35. The molecule has 2 aromatic heterocycles. The standard InChI is InChI=1S/C16H19N5OS/c22-16(20-11-3-1-2-4-11)13-9-21(7-8-23-13)15-12-5-6-17-14(12)18-10-19-15/h5-6,9-11H,1-4,7-8H2,(H,20,22)(H,17,18,19). The Morgan fingerprint density at radius 2 is 2.22 bits per heavy atom. The highest BCUT2D eigenvalue weighted by molar-refractivity contribution is 8.04. The summed E-state index contributed by atoms with van der Waals surface area (Å²) in [5.41, 5.74) is 0.818. The maximum atomic E-state index is 12.5. The van der Waals surface area contributed by atoms with E-state index in [9.17, 15) is 4.79 Å². The third kappa shape index (κ3) is 2.93. The summed E-state index contributed by atoms with van der Waals surface area (Å²) in [4.78, 5) is 27.0. The van der Waals surface area contributed by atoms with Gasteiger partial charge in [0.05, 0.1) is 10.3 Å². The third-order valence-corrected chi connectivity index (χ3v) is 5.37. The van der Waals surface area contributed by atoms with Crippen molar-refractivity contribution >= 4 is 34.5 Å². The Morgan fingerprint density at radius 3 is 3.09 bits per heavy atom. The lowest BCUT2D eigenvalue weighted by molar-refractivity contribution is -0.117. The SMILES string of the molecule is O=C(NC1CCCC1)C1=CN(c2ncnc3[nH]ccc23)CCS1. The molecule has 6 nitrogen and oxygen atoms in total. The van der Waals surface area contributed by atoms with Crippen LogP contribution in [0.4, 0.5) is 5.82 Å². The summed E-state index contributed by atoms with van der Waals surface area (Å²) in [6.45, 7) is 0.835. The van der Waals surface area contributed by atoms with E-state index in [0.717, 1.165) is 46.9 Å². The van der Waals surface area contributed by atoms with E-state index in [4.69, 9.17) is 0 Å². The smallest absolute Gasteiger partial charge is 0.259 e. The number of carbonyl (C=O) groups is 1. The van der Waals surface area contributed by atoms with E-state index < -0.39 is 0 Å². The number of aromatic nitrogens is 3. The van der Waals surface area contributed by atoms with Crippen molar-refractivity contribution in [3.05, 3.63) is 29.7 Å². The van der Waals surface area contributed by atoms with Crippen molar-refractivity contribution in [2.45, 2.75) is 31.7 Å². The van der Waals surface area contributed by atoms with Crippen molar-refractivity contribution in [1.82, 2.24) is 20.3 Å². The van der Waals surface area contributed by atoms with Gasteiger partial charge >= 0.3 is 0 Å². The van der Waals surface area contributed by atoms with Crippen molar-refractivity contribution in [2.75, 3.05) is 17.2 Å². The summed E-state index contributed by atoms with van der Waals surface area (Å²) < 4.78 is 0. The van der Waals surface area contributed by atoms with Crippen LogP contribution >= 0.6 is 11.8 Å². The van der Waals surface area contributed by atoms with Crippen molar-refractivity contribution in [2.24, 2.45) is 0 Å². The van der Waals surface area contributed by atoms with Crippen LogP contribution in [-0.4, -0.2) is 39.2 Å². The van der Waals surface area contributed by atoms with Gasteiger partial charge in [-0.25, -0.2) is 9.97 Å². The van der Waals surface area contributed by atoms with Gasteiger partial charge in [0.15, 0.2) is 0 Å². The number of thioether (sulfide) groups is 1. The van der Waals surface area contributed by atoms with Crippen LogP contribution in [0.25, 0.3) is 11.0 Å². The molecule has 2 aliphatic rings. The number of anilines is 1. The van der Waals surface area contributed by atoms with E-state index >= 15 is 0 Å². The molecule has 0 saturated heterocycles. The van der Waals surface area contributed by atoms with Gasteiger partial charge < -0.3 is 15.2 Å². The first-order chi connectivity index (χ1) is 11.3. The highest BCUT2D eigenvalue weighted by Gasteiger charge is 2.23. The van der Waals surface area contributed by atoms with Crippen LogP contribution < -0.4 is 10.2 Å². The number of hydrogen-bond acceptors (Lipinski definition) is 5. The maximum absolute atomic E-state index is 12.5. The van der Waals surface area contributed by atoms with E-state index in [1.807, 2.05) is 18.5 Å². The molecule has 0 bridgehead atoms. The van der Waals surface area contributed by atoms with Crippen LogP contribution in [0.2, 0.25) is 0 Å². The van der Waals surface area contributed by atoms with Gasteiger partial charge in [-0.3, -0.25) is 4.79 Å². The number of fused-ring (bicyclic) bond motifs is 1. The lowest BCUT2D eigenvalue weighted by atomic mass is 10.2. The zero-order valence-electron chi connectivity index (χ0n) is 12.8. The van der Waals surface area contributed by atoms with Gasteiger partial charge in [0.1, 0.15) is 17.8 Å². The van der Waals surface area contributed by atoms with Gasteiger partial charge in [-0.15, -0.1) is 11.8 Å². The van der Waals surface area contributed by atoms with Gasteiger partial charge in [-0.2, -0.15) is 0 Å². The predicted octanol–water partition coefficient (Wildman–Crippen LogP) is 2.41. The average Bonchev–Trinajstić information content (AvgIpc) is 3.25. The van der Waals surface area contributed by atoms with Crippen molar-refractivity contribution in [3.63, 3.8) is 0 Å². The first-order valence-corrected chi connectivity index (χ1v) is 9.00. The molecule has 0 spiro atoms. The summed E-state index contributed by atoms with van der Waals surface area (Å²) in [5.74, 6) is 1.77. The van der Waals surface area contributed by atoms with Gasteiger partial charge in [-0.1, -0.05) is 12.8 Å². The topological polar surface area (TPSA) is 73.9 Å². The maximum Gasteiger partial charge on any atom is 0.259 e. The van der Waals surface area contributed by atoms with Gasteiger partial charge in [0.25, 0.3) is 5.91 Å². The zero-order chi connectivity index (χ0) is 15.6. The fourth-order valence-electron chi connectivity index (χ4n) is 3.20. The van der Waals surface area contributed by atoms with E-state index in [1.54, 1.807) is 18.1 Å². The van der Waals surface area contributed by atoms with Crippen LogP contribution in [-0.2, 0) is 4.79 Å². The van der Waals surface area contributed by atoms with Crippen LogP contribution in [0, 0.1) is 0 Å². The average molecular weight is 329 g/mol. The molecule has 1 fully saturated rings. The quantitative estimate of drug-likeness (QED) is 0.904. The largest absolute Gasteiger partial charge is 0.349 e. The molecule has 120 valence electrons. The normalized spacial score (nSPS) is 19.1. The molecule has 23 heavy (non-hydrogen) atoms. The molecule has 2 N–H and O–H groups in total. The lowest BCUT2D eigenvalue weighted by Gasteiger charge is -2.26. The molecule has 4 rings (SSSR count). The second-order valence-corrected chi connectivity index (χ2v) is 7.06. The van der Waals surface area contributed by atoms with Crippen LogP contribution in [0.15, 0.2) is 29.7 Å². The summed E-state index contributed by atoms with van der Waals surface area (Å²) in [5, 5.41) is 4.14. The molecule has 0 aromatic carbocycles. The van der Waals surface area contributed by atoms with Crippen molar-refractivity contribution in [3.8, 4) is 0 Å². The molecule has 0 unspecified atom stereocenters. The molecule has 2 aromatic rings. The molecular weight excluding hydrogens is 310 g/mol. The number of nitrogens with one attached hydrogen (secondary N) is 2. The predicted molar refractivity (Wildman–Crippen MR) is 92.2 cm³/mol. The number of H-pyrrole nitrogens is 1. The van der Waals surface area contributed by atoms with Gasteiger partial charge in [0, 0.05) is 30.7 Å². The fraction of sp³-hybridized carbons (Fsp3) is 0.438. The molecule has 0 radical (unpaired) electrons. The Hall–Kier alpha value is -2.02. The van der Waals surface area contributed by atoms with Crippen molar-refractivity contribution in [1.29, 1.82) is 0 Å². The number of aromatic amines is 1. The second-order valence-electron chi connectivity index (χ2n) is 5.93. The third-order valence-electron chi connectivity index (χ3n) is 4.38. The molecule has 3 heterocycles. The minimum Gasteiger partial charge on any atom is -0.349 e. The van der Waals surface area contributed by atoms with Crippen LogP contribution in [0.3, 0.4) is 0 Å². The van der Waals surface area contributed by atoms with Crippen LogP contribution in [0.5, 0.6) is 0 Å². The molecule has 1 aliphatic heterocycles. The number of nitrogens with zero attached hydrogens (tertiary/aromatic N) is 3. The molecule has 0 atom stereocenters. The number of carbonyl (C=O) groups excluding carboxylic acids is 1. The molecule has 7 heteroatoms. The number of hydrogen-bond donors (Lipinski definition) is 2. The fourth-order valence-corrected chi connectivity index (χ4v) is 4.10. The molecular formula is C16H19N5OS. The van der Waals surface area contributed by atoms with Gasteiger partial charge in [-0.05, 0) is 18.9 Å². The monoisotopic (exact) mass is 329 g/mol. The van der Waals surface area contributed by atoms with E-state index in [1.165, 1.54) is 12.8 Å². The Kier molecular flexibility index (Phi) is 3.95. The second kappa shape index (κ2) is 6.23. The molecule has 1 saturated carbocycles. The zero-order valence-corrected chi connectivity index (χ0v) is 13.6. The Morgan fingerprint density at radius 1 is 1.35 bits per heavy atom. The minimum atomic E-state index is 0.0472. The Labute approximate surface area is 138 Å². The highest BCUT2D eigenvalue weighted by Crippen LogP contribution is 2.29. The number of amides is 1. The highest BCUT2D eigenvalue weighted by atomic mass is 32.2. The number of rotatable bonds is 3. The Balaban J connectivity index is 1.57. The van der Waals surface area contributed by atoms with E-state index in [-0.39, 0.29) is 5.91 Å². The van der Waals surface area contributed by atoms with Crippen molar-refractivity contribution < 1.29 is 4.79 Å². The Bertz CT molecular complexity index is 750. The van der Waals surface area contributed by atoms with E-state index in [0.29, 0.717) is 6.04 Å². The van der Waals surface area contributed by atoms with E-state index in [2.05, 4.69) is 25.2 Å². The summed E-state index contributed by atoms with van der Waals surface area (Å²) in [7, 11) is 0. The first-order valence-electron chi connectivity index (χ1n) is 8.01. The van der Waals surface area contributed by atoms with Crippen LogP contribution in [0.1, 0.15) is 25.7 Å². The molecule has 1 amide bonds. The molecule has 1 aliphatic carbocycles. The van der Waals surface area contributed by atoms with Gasteiger partial charge in [0.2, 0.25) is 0 Å². The minimum absolute atomic E-state index is 0.0472.